The normalized spacial score (nSPS) is 12.2. The van der Waals surface area contributed by atoms with E-state index in [1.807, 2.05) is 0 Å². The van der Waals surface area contributed by atoms with Gasteiger partial charge in [0.15, 0.2) is 5.69 Å². The van der Waals surface area contributed by atoms with Gasteiger partial charge in [0.1, 0.15) is 17.6 Å². The smallest absolute Gasteiger partial charge is 0.450 e. The second-order valence-electron chi connectivity index (χ2n) is 5.58. The molecule has 1 aromatic carbocycles. The molecule has 3 rings (SSSR count). The number of alkyl halides is 6. The first-order chi connectivity index (χ1) is 13.4. The highest BCUT2D eigenvalue weighted by atomic mass is 35.5. The molecule has 0 bridgehead atoms. The second kappa shape index (κ2) is 6.89. The lowest BCUT2D eigenvalue weighted by atomic mass is 10.1. The van der Waals surface area contributed by atoms with Gasteiger partial charge in [0.05, 0.1) is 27.4 Å². The van der Waals surface area contributed by atoms with Crippen molar-refractivity contribution >= 4 is 29.0 Å². The summed E-state index contributed by atoms with van der Waals surface area (Å²) in [6, 6.07) is 3.61. The third-order valence-electron chi connectivity index (χ3n) is 3.78. The molecule has 0 atom stereocenters. The summed E-state index contributed by atoms with van der Waals surface area (Å²) in [5.41, 5.74) is 2.84. The molecule has 5 nitrogen and oxygen atoms in total. The number of hydrogen-bond donors (Lipinski definition) is 1. The third-order valence-corrected chi connectivity index (χ3v) is 4.35. The highest BCUT2D eigenvalue weighted by Crippen LogP contribution is 2.43. The standard InChI is InChI=1S/C16H6Cl2F6N4O/c17-8-3-6(15(19,20)21)4-9(18)12(8)28-14(26)11(10(5-25)27-28)7-1-2-29-13(7)16(22,23)24/h1-4H,26H2. The Balaban J connectivity index is 2.27. The minimum Gasteiger partial charge on any atom is -0.459 e. The van der Waals surface area contributed by atoms with Gasteiger partial charge in [0, 0.05) is 5.56 Å². The van der Waals surface area contributed by atoms with Gasteiger partial charge in [-0.1, -0.05) is 23.2 Å². The molecule has 0 amide bonds. The number of nitrogens with two attached hydrogens (primary N) is 1. The van der Waals surface area contributed by atoms with Crippen molar-refractivity contribution in [3.8, 4) is 22.9 Å². The number of hydrogen-bond acceptors (Lipinski definition) is 4. The van der Waals surface area contributed by atoms with Crippen LogP contribution in [0, 0.1) is 11.3 Å². The maximum absolute atomic E-state index is 13.2. The molecule has 0 aliphatic carbocycles. The molecule has 0 saturated heterocycles. The molecule has 0 radical (unpaired) electrons. The van der Waals surface area contributed by atoms with Crippen molar-refractivity contribution in [1.82, 2.24) is 9.78 Å². The molecule has 2 heterocycles. The Labute approximate surface area is 167 Å². The Morgan fingerprint density at radius 3 is 2.14 bits per heavy atom. The molecule has 2 N–H and O–H groups in total. The lowest BCUT2D eigenvalue weighted by molar-refractivity contribution is -0.152. The average Bonchev–Trinajstić information content (AvgIpc) is 3.18. The summed E-state index contributed by atoms with van der Waals surface area (Å²) >= 11 is 11.8. The van der Waals surface area contributed by atoms with E-state index in [1.54, 1.807) is 6.07 Å². The van der Waals surface area contributed by atoms with Crippen molar-refractivity contribution in [2.75, 3.05) is 5.73 Å². The number of benzene rings is 1. The van der Waals surface area contributed by atoms with Gasteiger partial charge in [0.2, 0.25) is 5.76 Å². The van der Waals surface area contributed by atoms with Crippen LogP contribution in [0.3, 0.4) is 0 Å². The first kappa shape index (κ1) is 20.9. The Morgan fingerprint density at radius 2 is 1.66 bits per heavy atom. The number of anilines is 1. The van der Waals surface area contributed by atoms with Gasteiger partial charge in [-0.2, -0.15) is 36.7 Å². The Morgan fingerprint density at radius 1 is 1.07 bits per heavy atom. The second-order valence-corrected chi connectivity index (χ2v) is 6.39. The minimum atomic E-state index is -4.90. The monoisotopic (exact) mass is 454 g/mol. The number of furan rings is 1. The van der Waals surface area contributed by atoms with E-state index in [0.29, 0.717) is 16.8 Å². The van der Waals surface area contributed by atoms with Gasteiger partial charge in [-0.15, -0.1) is 0 Å². The minimum absolute atomic E-state index is 0.335. The number of aromatic nitrogens is 2. The molecular formula is C16H6Cl2F6N4O. The number of nitrogen functional groups attached to an aromatic ring is 1. The molecule has 13 heteroatoms. The van der Waals surface area contributed by atoms with Gasteiger partial charge in [-0.05, 0) is 18.2 Å². The largest absolute Gasteiger partial charge is 0.459 e. The summed E-state index contributed by atoms with van der Waals surface area (Å²) < 4.78 is 83.3. The molecule has 0 aliphatic heterocycles. The first-order valence-corrected chi connectivity index (χ1v) is 8.12. The summed E-state index contributed by atoms with van der Waals surface area (Å²) in [4.78, 5) is 0. The predicted molar refractivity (Wildman–Crippen MR) is 90.4 cm³/mol. The number of rotatable bonds is 2. The van der Waals surface area contributed by atoms with Crippen molar-refractivity contribution in [3.63, 3.8) is 0 Å². The molecule has 2 aromatic heterocycles. The highest BCUT2D eigenvalue weighted by Gasteiger charge is 2.40. The number of nitrogens with zero attached hydrogens (tertiary/aromatic N) is 3. The molecule has 3 aromatic rings. The lowest BCUT2D eigenvalue weighted by Gasteiger charge is -2.13. The number of halogens is 8. The van der Waals surface area contributed by atoms with E-state index in [0.717, 1.165) is 12.3 Å². The van der Waals surface area contributed by atoms with Gasteiger partial charge < -0.3 is 10.2 Å². The van der Waals surface area contributed by atoms with Crippen molar-refractivity contribution in [3.05, 3.63) is 51.5 Å². The van der Waals surface area contributed by atoms with Crippen LogP contribution in [-0.4, -0.2) is 9.78 Å². The van der Waals surface area contributed by atoms with Crippen molar-refractivity contribution in [1.29, 1.82) is 5.26 Å². The Hall–Kier alpha value is -2.84. The molecule has 0 spiro atoms. The molecular weight excluding hydrogens is 449 g/mol. The number of nitriles is 1. The molecule has 0 saturated carbocycles. The molecule has 29 heavy (non-hydrogen) atoms. The van der Waals surface area contributed by atoms with Crippen LogP contribution in [0.2, 0.25) is 10.0 Å². The predicted octanol–water partition coefficient (Wildman–Crippen LogP) is 5.93. The van der Waals surface area contributed by atoms with E-state index in [-0.39, 0.29) is 5.69 Å². The van der Waals surface area contributed by atoms with E-state index < -0.39 is 56.4 Å². The van der Waals surface area contributed by atoms with Crippen molar-refractivity contribution in [2.45, 2.75) is 12.4 Å². The van der Waals surface area contributed by atoms with Crippen LogP contribution in [-0.2, 0) is 12.4 Å². The van der Waals surface area contributed by atoms with E-state index >= 15 is 0 Å². The quantitative estimate of drug-likeness (QED) is 0.486. The molecule has 0 fully saturated rings. The molecule has 0 unspecified atom stereocenters. The van der Waals surface area contributed by atoms with Crippen LogP contribution in [0.5, 0.6) is 0 Å². The SMILES string of the molecule is N#Cc1nn(-c2c(Cl)cc(C(F)(F)F)cc2Cl)c(N)c1-c1ccoc1C(F)(F)F. The van der Waals surface area contributed by atoms with Gasteiger partial charge in [-0.25, -0.2) is 4.68 Å². The topological polar surface area (TPSA) is 80.8 Å². The lowest BCUT2D eigenvalue weighted by Crippen LogP contribution is -2.09. The van der Waals surface area contributed by atoms with Gasteiger partial charge in [0.25, 0.3) is 0 Å². The fraction of sp³-hybridized carbons (Fsp3) is 0.125. The van der Waals surface area contributed by atoms with Crippen LogP contribution in [0.25, 0.3) is 16.8 Å². The summed E-state index contributed by atoms with van der Waals surface area (Å²) in [5.74, 6) is -1.93. The molecule has 0 aliphatic rings. The Bertz CT molecular complexity index is 1120. The van der Waals surface area contributed by atoms with Crippen LogP contribution in [0.4, 0.5) is 32.2 Å². The zero-order valence-electron chi connectivity index (χ0n) is 13.7. The van der Waals surface area contributed by atoms with E-state index in [2.05, 4.69) is 9.52 Å². The van der Waals surface area contributed by atoms with Gasteiger partial charge in [-0.3, -0.25) is 0 Å². The fourth-order valence-corrected chi connectivity index (χ4v) is 3.25. The van der Waals surface area contributed by atoms with E-state index in [1.165, 1.54) is 0 Å². The maximum Gasteiger partial charge on any atom is 0.450 e. The summed E-state index contributed by atoms with van der Waals surface area (Å²) in [6.45, 7) is 0. The summed E-state index contributed by atoms with van der Waals surface area (Å²) in [5, 5.41) is 12.0. The van der Waals surface area contributed by atoms with Crippen LogP contribution in [0.15, 0.2) is 28.9 Å². The van der Waals surface area contributed by atoms with Crippen LogP contribution in [0.1, 0.15) is 17.0 Å². The summed E-state index contributed by atoms with van der Waals surface area (Å²) in [7, 11) is 0. The first-order valence-electron chi connectivity index (χ1n) is 7.36. The summed E-state index contributed by atoms with van der Waals surface area (Å²) in [6.07, 6.45) is -8.90. The fourth-order valence-electron chi connectivity index (χ4n) is 2.60. The van der Waals surface area contributed by atoms with E-state index in [9.17, 15) is 31.6 Å². The van der Waals surface area contributed by atoms with Crippen LogP contribution < -0.4 is 5.73 Å². The highest BCUT2D eigenvalue weighted by molar-refractivity contribution is 6.38. The van der Waals surface area contributed by atoms with Crippen molar-refractivity contribution < 1.29 is 30.8 Å². The Kier molecular flexibility index (Phi) is 4.96. The van der Waals surface area contributed by atoms with Crippen LogP contribution >= 0.6 is 23.2 Å². The zero-order chi connectivity index (χ0) is 21.7. The zero-order valence-corrected chi connectivity index (χ0v) is 15.2. The van der Waals surface area contributed by atoms with Crippen molar-refractivity contribution in [2.24, 2.45) is 0 Å². The van der Waals surface area contributed by atoms with E-state index in [4.69, 9.17) is 28.9 Å². The maximum atomic E-state index is 13.2. The molecule has 152 valence electrons. The third kappa shape index (κ3) is 3.61. The average molecular weight is 455 g/mol. The van der Waals surface area contributed by atoms with Gasteiger partial charge >= 0.3 is 12.4 Å².